The number of carbonyl (C=O) groups is 1. The topological polar surface area (TPSA) is 44.1 Å². The number of esters is 1. The van der Waals surface area contributed by atoms with Gasteiger partial charge in [0, 0.05) is 23.3 Å². The first kappa shape index (κ1) is 18.6. The maximum absolute atomic E-state index is 12.6. The molecule has 1 heterocycles. The van der Waals surface area contributed by atoms with Gasteiger partial charge < -0.3 is 4.74 Å². The largest absolute Gasteiger partial charge is 0.467 e. The fraction of sp³-hybridized carbons (Fsp3) is 0.304. The van der Waals surface area contributed by atoms with E-state index in [4.69, 9.17) is 16.3 Å². The highest BCUT2D eigenvalue weighted by molar-refractivity contribution is 6.31. The molecule has 1 saturated carbocycles. The zero-order valence-corrected chi connectivity index (χ0v) is 16.4. The van der Waals surface area contributed by atoms with Gasteiger partial charge in [-0.25, -0.2) is 9.48 Å². The molecule has 1 atom stereocenters. The van der Waals surface area contributed by atoms with Gasteiger partial charge in [-0.1, -0.05) is 47.9 Å². The van der Waals surface area contributed by atoms with Gasteiger partial charge in [0.1, 0.15) is 5.69 Å². The Morgan fingerprint density at radius 3 is 2.79 bits per heavy atom. The van der Waals surface area contributed by atoms with E-state index in [1.165, 1.54) is 20.0 Å². The first-order valence-corrected chi connectivity index (χ1v) is 9.82. The second kappa shape index (κ2) is 8.08. The number of methoxy groups -OCH3 is 1. The zero-order valence-electron chi connectivity index (χ0n) is 15.7. The standard InChI is InChI=1S/C23H21ClN2O2/c1-28-23(27)22(14-17-6-3-2-4-7-17)26-21(9-5-8-16-10-11-16)19-15-18(24)12-13-20(19)25-26/h2-4,6-7,12-13,15-16,22H,8,10-11,14H2,1H3. The molecular weight excluding hydrogens is 372 g/mol. The molecule has 5 heteroatoms. The Bertz CT molecular complexity index is 1060. The molecule has 1 aliphatic carbocycles. The van der Waals surface area contributed by atoms with E-state index in [9.17, 15) is 4.79 Å². The summed E-state index contributed by atoms with van der Waals surface area (Å²) < 4.78 is 6.80. The number of hydrogen-bond acceptors (Lipinski definition) is 3. The van der Waals surface area contributed by atoms with Crippen molar-refractivity contribution >= 4 is 28.5 Å². The number of aromatic nitrogens is 2. The van der Waals surface area contributed by atoms with E-state index >= 15 is 0 Å². The third-order valence-corrected chi connectivity index (χ3v) is 5.23. The minimum atomic E-state index is -0.594. The number of hydrogen-bond donors (Lipinski definition) is 0. The summed E-state index contributed by atoms with van der Waals surface area (Å²) in [5, 5.41) is 6.17. The quantitative estimate of drug-likeness (QED) is 0.463. The fourth-order valence-corrected chi connectivity index (χ4v) is 3.44. The predicted octanol–water partition coefficient (Wildman–Crippen LogP) is 4.80. The molecule has 0 radical (unpaired) electrons. The van der Waals surface area contributed by atoms with Gasteiger partial charge in [-0.05, 0) is 48.4 Å². The molecule has 0 aliphatic heterocycles. The van der Waals surface area contributed by atoms with Crippen molar-refractivity contribution in [1.29, 1.82) is 0 Å². The summed E-state index contributed by atoms with van der Waals surface area (Å²) in [5.74, 6) is 6.90. The van der Waals surface area contributed by atoms with Crippen LogP contribution in [0.15, 0.2) is 48.5 Å². The van der Waals surface area contributed by atoms with Crippen molar-refractivity contribution in [2.75, 3.05) is 7.11 Å². The molecule has 1 unspecified atom stereocenters. The number of benzene rings is 2. The van der Waals surface area contributed by atoms with E-state index in [1.54, 1.807) is 10.7 Å². The van der Waals surface area contributed by atoms with Crippen molar-refractivity contribution in [3.63, 3.8) is 0 Å². The molecule has 0 N–H and O–H groups in total. The van der Waals surface area contributed by atoms with E-state index in [1.807, 2.05) is 42.5 Å². The van der Waals surface area contributed by atoms with E-state index < -0.39 is 6.04 Å². The maximum Gasteiger partial charge on any atom is 0.331 e. The Hall–Kier alpha value is -2.77. The first-order valence-electron chi connectivity index (χ1n) is 9.44. The Morgan fingerprint density at radius 1 is 1.29 bits per heavy atom. The van der Waals surface area contributed by atoms with Crippen molar-refractivity contribution in [3.8, 4) is 11.8 Å². The molecule has 0 bridgehead atoms. The number of carbonyl (C=O) groups excluding carboxylic acids is 1. The second-order valence-corrected chi connectivity index (χ2v) is 7.57. The summed E-state index contributed by atoms with van der Waals surface area (Å²) in [6, 6.07) is 14.8. The van der Waals surface area contributed by atoms with Crippen LogP contribution in [0.4, 0.5) is 0 Å². The maximum atomic E-state index is 12.6. The molecular formula is C23H21ClN2O2. The lowest BCUT2D eigenvalue weighted by atomic mass is 10.1. The smallest absolute Gasteiger partial charge is 0.331 e. The third kappa shape index (κ3) is 4.05. The molecule has 1 fully saturated rings. The van der Waals surface area contributed by atoms with Gasteiger partial charge >= 0.3 is 5.97 Å². The van der Waals surface area contributed by atoms with Crippen LogP contribution in [-0.2, 0) is 16.0 Å². The van der Waals surface area contributed by atoms with Crippen molar-refractivity contribution in [2.45, 2.75) is 31.7 Å². The lowest BCUT2D eigenvalue weighted by molar-refractivity contribution is -0.144. The molecule has 3 aromatic rings. The van der Waals surface area contributed by atoms with Crippen molar-refractivity contribution in [1.82, 2.24) is 9.78 Å². The lowest BCUT2D eigenvalue weighted by Crippen LogP contribution is -2.25. The summed E-state index contributed by atoms with van der Waals surface area (Å²) in [5.41, 5.74) is 2.51. The van der Waals surface area contributed by atoms with Gasteiger partial charge in [0.15, 0.2) is 6.04 Å². The van der Waals surface area contributed by atoms with Gasteiger partial charge in [0.2, 0.25) is 0 Å². The van der Waals surface area contributed by atoms with Crippen LogP contribution in [0.25, 0.3) is 10.9 Å². The van der Waals surface area contributed by atoms with Crippen LogP contribution >= 0.6 is 11.6 Å². The predicted molar refractivity (Wildman–Crippen MR) is 110 cm³/mol. The summed E-state index contributed by atoms with van der Waals surface area (Å²) in [7, 11) is 1.40. The normalized spacial score (nSPS) is 14.4. The van der Waals surface area contributed by atoms with Gasteiger partial charge in [0.25, 0.3) is 0 Å². The molecule has 0 amide bonds. The number of nitrogens with zero attached hydrogens (tertiary/aromatic N) is 2. The zero-order chi connectivity index (χ0) is 19.5. The average Bonchev–Trinajstić information content (AvgIpc) is 3.47. The van der Waals surface area contributed by atoms with Crippen LogP contribution in [0, 0.1) is 17.8 Å². The molecule has 28 heavy (non-hydrogen) atoms. The number of rotatable bonds is 5. The average molecular weight is 393 g/mol. The van der Waals surface area contributed by atoms with Gasteiger partial charge in [-0.3, -0.25) is 0 Å². The number of fused-ring (bicyclic) bond motifs is 1. The van der Waals surface area contributed by atoms with E-state index in [-0.39, 0.29) is 5.97 Å². The Morgan fingerprint density at radius 2 is 2.07 bits per heavy atom. The molecule has 2 aromatic carbocycles. The molecule has 4 rings (SSSR count). The Labute approximate surface area is 169 Å². The summed E-state index contributed by atoms with van der Waals surface area (Å²) >= 11 is 6.22. The Kier molecular flexibility index (Phi) is 5.36. The number of halogens is 1. The van der Waals surface area contributed by atoms with Crippen LogP contribution in [-0.4, -0.2) is 22.9 Å². The molecule has 1 aliphatic rings. The molecule has 142 valence electrons. The van der Waals surface area contributed by atoms with Crippen LogP contribution in [0.5, 0.6) is 0 Å². The van der Waals surface area contributed by atoms with Crippen molar-refractivity contribution in [2.24, 2.45) is 5.92 Å². The minimum Gasteiger partial charge on any atom is -0.467 e. The van der Waals surface area contributed by atoms with Crippen LogP contribution < -0.4 is 0 Å². The summed E-state index contributed by atoms with van der Waals surface area (Å²) in [4.78, 5) is 12.6. The van der Waals surface area contributed by atoms with Gasteiger partial charge in [-0.15, -0.1) is 0 Å². The monoisotopic (exact) mass is 392 g/mol. The SMILES string of the molecule is COC(=O)C(Cc1ccccc1)n1nc2ccc(Cl)cc2c1C#CCC1CC1. The fourth-order valence-electron chi connectivity index (χ4n) is 3.27. The third-order valence-electron chi connectivity index (χ3n) is 4.99. The van der Waals surface area contributed by atoms with Gasteiger partial charge in [-0.2, -0.15) is 5.10 Å². The van der Waals surface area contributed by atoms with E-state index in [2.05, 4.69) is 16.9 Å². The number of ether oxygens (including phenoxy) is 1. The molecule has 4 nitrogen and oxygen atoms in total. The highest BCUT2D eigenvalue weighted by atomic mass is 35.5. The highest BCUT2D eigenvalue weighted by Crippen LogP contribution is 2.32. The second-order valence-electron chi connectivity index (χ2n) is 7.13. The van der Waals surface area contributed by atoms with E-state index in [0.29, 0.717) is 23.1 Å². The van der Waals surface area contributed by atoms with Crippen LogP contribution in [0.3, 0.4) is 0 Å². The lowest BCUT2D eigenvalue weighted by Gasteiger charge is -2.16. The molecule has 0 saturated heterocycles. The first-order chi connectivity index (χ1) is 13.7. The summed E-state index contributed by atoms with van der Waals surface area (Å²) in [6.07, 6.45) is 3.85. The minimum absolute atomic E-state index is 0.340. The van der Waals surface area contributed by atoms with Crippen LogP contribution in [0.1, 0.15) is 36.6 Å². The van der Waals surface area contributed by atoms with Gasteiger partial charge in [0.05, 0.1) is 12.6 Å². The Balaban J connectivity index is 1.80. The highest BCUT2D eigenvalue weighted by Gasteiger charge is 2.26. The van der Waals surface area contributed by atoms with Crippen molar-refractivity contribution in [3.05, 3.63) is 64.8 Å². The summed E-state index contributed by atoms with van der Waals surface area (Å²) in [6.45, 7) is 0. The molecule has 0 spiro atoms. The van der Waals surface area contributed by atoms with E-state index in [0.717, 1.165) is 22.9 Å². The van der Waals surface area contributed by atoms with Crippen molar-refractivity contribution < 1.29 is 9.53 Å². The van der Waals surface area contributed by atoms with Crippen LogP contribution in [0.2, 0.25) is 5.02 Å². The molecule has 1 aromatic heterocycles.